The Kier molecular flexibility index (Phi) is 10.1. The van der Waals surface area contributed by atoms with Crippen LogP contribution in [0.2, 0.25) is 0 Å². The predicted molar refractivity (Wildman–Crippen MR) is 94.3 cm³/mol. The normalized spacial score (nSPS) is 10.7. The van der Waals surface area contributed by atoms with E-state index >= 15 is 0 Å². The zero-order chi connectivity index (χ0) is 15.6. The van der Waals surface area contributed by atoms with Crippen molar-refractivity contribution in [3.63, 3.8) is 0 Å². The van der Waals surface area contributed by atoms with Gasteiger partial charge in [-0.05, 0) is 6.42 Å². The van der Waals surface area contributed by atoms with E-state index in [-0.39, 0.29) is 51.0 Å². The molecule has 3 aromatic carbocycles. The second-order valence-corrected chi connectivity index (χ2v) is 6.82. The molecule has 0 aromatic heterocycles. The molecule has 0 amide bonds. The molecule has 0 bridgehead atoms. The Hall–Kier alpha value is -0.747. The molecule has 0 spiro atoms. The van der Waals surface area contributed by atoms with Gasteiger partial charge in [0.05, 0.1) is 0 Å². The van der Waals surface area contributed by atoms with Gasteiger partial charge in [-0.1, -0.05) is 61.6 Å². The Morgan fingerprint density at radius 1 is 0.920 bits per heavy atom. The van der Waals surface area contributed by atoms with Crippen LogP contribution in [0.25, 0.3) is 11.1 Å². The maximum absolute atomic E-state index is 3.30. The van der Waals surface area contributed by atoms with Crippen molar-refractivity contribution in [3.8, 4) is 11.1 Å². The van der Waals surface area contributed by atoms with Crippen LogP contribution in [0.4, 0.5) is 0 Å². The summed E-state index contributed by atoms with van der Waals surface area (Å²) in [5, 5.41) is 0. The standard InChI is InChI=1S/C13H9.C9H13.2ClH.Zr/c1-3-7-12-10(5-1)9-11-6-2-4-8-13(11)12;1-9(2,3)8-6-4-5-7-8;;;/h1-5,7-8H,9H2;4-7H,1-3H3;2*1H;/q2*-1;;;+4/p-2. The first kappa shape index (κ1) is 24.3. The molecular weight excluding hydrogens is 426 g/mol. The first-order valence-electron chi connectivity index (χ1n) is 7.86. The summed E-state index contributed by atoms with van der Waals surface area (Å²) >= 11 is 0. The third-order valence-corrected chi connectivity index (χ3v) is 4.15. The number of hydrogen-bond donors (Lipinski definition) is 0. The van der Waals surface area contributed by atoms with Gasteiger partial charge in [0.15, 0.2) is 0 Å². The van der Waals surface area contributed by atoms with Crippen molar-refractivity contribution in [2.24, 2.45) is 0 Å². The minimum Gasteiger partial charge on any atom is -1.00 e. The van der Waals surface area contributed by atoms with Crippen LogP contribution in [-0.4, -0.2) is 0 Å². The Morgan fingerprint density at radius 2 is 1.60 bits per heavy atom. The second-order valence-electron chi connectivity index (χ2n) is 6.82. The van der Waals surface area contributed by atoms with Crippen molar-refractivity contribution in [2.75, 3.05) is 0 Å². The summed E-state index contributed by atoms with van der Waals surface area (Å²) in [4.78, 5) is 0. The summed E-state index contributed by atoms with van der Waals surface area (Å²) < 4.78 is 0. The summed E-state index contributed by atoms with van der Waals surface area (Å²) in [6, 6.07) is 26.6. The van der Waals surface area contributed by atoms with E-state index in [0.717, 1.165) is 6.42 Å². The second kappa shape index (κ2) is 10.4. The van der Waals surface area contributed by atoms with Crippen molar-refractivity contribution in [3.05, 3.63) is 89.5 Å². The van der Waals surface area contributed by atoms with Crippen molar-refractivity contribution in [1.29, 1.82) is 0 Å². The van der Waals surface area contributed by atoms with Gasteiger partial charge in [0.1, 0.15) is 0 Å². The van der Waals surface area contributed by atoms with Gasteiger partial charge in [0, 0.05) is 0 Å². The smallest absolute Gasteiger partial charge is 1.00 e. The van der Waals surface area contributed by atoms with Gasteiger partial charge < -0.3 is 24.8 Å². The molecule has 0 saturated carbocycles. The molecule has 0 nitrogen and oxygen atoms in total. The molecule has 3 heteroatoms. The van der Waals surface area contributed by atoms with Crippen LogP contribution >= 0.6 is 0 Å². The van der Waals surface area contributed by atoms with Crippen molar-refractivity contribution < 1.29 is 51.0 Å². The number of fused-ring (bicyclic) bond motifs is 3. The zero-order valence-electron chi connectivity index (χ0n) is 14.8. The molecule has 0 fully saturated rings. The first-order chi connectivity index (χ1) is 10.6. The van der Waals surface area contributed by atoms with E-state index in [2.05, 4.69) is 87.5 Å². The quantitative estimate of drug-likeness (QED) is 0.326. The molecule has 0 radical (unpaired) electrons. The fourth-order valence-electron chi connectivity index (χ4n) is 2.87. The molecule has 0 atom stereocenters. The fraction of sp³-hybridized carbons (Fsp3) is 0.227. The van der Waals surface area contributed by atoms with Gasteiger partial charge in [-0.2, -0.15) is 53.6 Å². The fourth-order valence-corrected chi connectivity index (χ4v) is 2.87. The minimum absolute atomic E-state index is 0. The number of halogens is 2. The van der Waals surface area contributed by atoms with Crippen LogP contribution in [0.15, 0.2) is 66.7 Å². The minimum atomic E-state index is 0. The van der Waals surface area contributed by atoms with E-state index in [4.69, 9.17) is 0 Å². The van der Waals surface area contributed by atoms with Crippen molar-refractivity contribution in [2.45, 2.75) is 32.6 Å². The van der Waals surface area contributed by atoms with Crippen LogP contribution in [0, 0.1) is 6.07 Å². The van der Waals surface area contributed by atoms with E-state index < -0.39 is 0 Å². The van der Waals surface area contributed by atoms with Crippen molar-refractivity contribution >= 4 is 0 Å². The molecule has 1 aliphatic rings. The maximum Gasteiger partial charge on any atom is 4.00 e. The van der Waals surface area contributed by atoms with E-state index in [0.29, 0.717) is 5.41 Å². The van der Waals surface area contributed by atoms with Crippen LogP contribution in [0.1, 0.15) is 37.5 Å². The first-order valence-corrected chi connectivity index (χ1v) is 7.86. The molecular formula is C22H22Cl2Zr. The largest absolute Gasteiger partial charge is 4.00 e. The SMILES string of the molecule is CC(C)(C)c1cc[cH-]c1.[Cl-].[Cl-].[Zr+4].[c-]1cccc2c1Cc1ccccc1-2. The van der Waals surface area contributed by atoms with Gasteiger partial charge >= 0.3 is 26.2 Å². The third kappa shape index (κ3) is 5.88. The monoisotopic (exact) mass is 446 g/mol. The van der Waals surface area contributed by atoms with E-state index in [9.17, 15) is 0 Å². The molecule has 0 aliphatic heterocycles. The summed E-state index contributed by atoms with van der Waals surface area (Å²) in [6.07, 6.45) is 1.05. The average molecular weight is 449 g/mol. The van der Waals surface area contributed by atoms with E-state index in [1.807, 2.05) is 6.07 Å². The van der Waals surface area contributed by atoms with Gasteiger partial charge in [-0.3, -0.25) is 0 Å². The number of rotatable bonds is 0. The maximum atomic E-state index is 3.30. The molecule has 3 aromatic rings. The van der Waals surface area contributed by atoms with E-state index in [1.54, 1.807) is 0 Å². The Morgan fingerprint density at radius 3 is 2.20 bits per heavy atom. The molecule has 0 heterocycles. The van der Waals surface area contributed by atoms with Crippen LogP contribution in [-0.2, 0) is 38.0 Å². The zero-order valence-corrected chi connectivity index (χ0v) is 18.8. The third-order valence-electron chi connectivity index (χ3n) is 4.15. The molecule has 1 aliphatic carbocycles. The summed E-state index contributed by atoms with van der Waals surface area (Å²) in [5.74, 6) is 0. The molecule has 0 unspecified atom stereocenters. The Bertz CT molecular complexity index is 712. The van der Waals surface area contributed by atoms with Gasteiger partial charge in [0.25, 0.3) is 0 Å². The Balaban J connectivity index is 0.000000435. The molecule has 0 saturated heterocycles. The summed E-state index contributed by atoms with van der Waals surface area (Å²) in [7, 11) is 0. The molecule has 4 rings (SSSR count). The van der Waals surface area contributed by atoms with Crippen LogP contribution in [0.5, 0.6) is 0 Å². The average Bonchev–Trinajstić information content (AvgIpc) is 3.15. The summed E-state index contributed by atoms with van der Waals surface area (Å²) in [5.41, 5.74) is 7.25. The summed E-state index contributed by atoms with van der Waals surface area (Å²) in [6.45, 7) is 6.67. The van der Waals surface area contributed by atoms with Crippen molar-refractivity contribution in [1.82, 2.24) is 0 Å². The Labute approximate surface area is 183 Å². The topological polar surface area (TPSA) is 0 Å². The van der Waals surface area contributed by atoms with Gasteiger partial charge in [-0.15, -0.1) is 5.56 Å². The van der Waals surface area contributed by atoms with E-state index in [1.165, 1.54) is 27.8 Å². The molecule has 128 valence electrons. The number of benzene rings is 2. The molecule has 25 heavy (non-hydrogen) atoms. The van der Waals surface area contributed by atoms with Gasteiger partial charge in [0.2, 0.25) is 0 Å². The van der Waals surface area contributed by atoms with Gasteiger partial charge in [-0.25, -0.2) is 6.07 Å². The molecule has 0 N–H and O–H groups in total. The van der Waals surface area contributed by atoms with Crippen LogP contribution < -0.4 is 24.8 Å². The van der Waals surface area contributed by atoms with Crippen LogP contribution in [0.3, 0.4) is 0 Å². The number of hydrogen-bond acceptors (Lipinski definition) is 0. The predicted octanol–water partition coefficient (Wildman–Crippen LogP) is -0.234.